The van der Waals surface area contributed by atoms with Gasteiger partial charge >= 0.3 is 60.8 Å². The van der Waals surface area contributed by atoms with Crippen molar-refractivity contribution in [2.24, 2.45) is 0 Å². The molecular formula is C54H86BaO10. The second kappa shape index (κ2) is 44.3. The SMILES string of the molecule is CCCCCCCCCCCCC(CCCC(OCc1ccccc1)C(=O)[O-])OC(C)=O.CCCCCCCCCCCCC(CCCC(OCc1ccccc1)C(=O)[O-])OC(C)=O.[Ba+2]. The molecule has 364 valence electrons. The van der Waals surface area contributed by atoms with Gasteiger partial charge in [0.2, 0.25) is 0 Å². The second-order valence-corrected chi connectivity index (χ2v) is 17.5. The van der Waals surface area contributed by atoms with E-state index in [0.717, 1.165) is 49.7 Å². The predicted molar refractivity (Wildman–Crippen MR) is 258 cm³/mol. The number of aliphatic carboxylic acids is 2. The van der Waals surface area contributed by atoms with Gasteiger partial charge in [0.1, 0.15) is 12.2 Å². The molecule has 0 radical (unpaired) electrons. The Hall–Kier alpha value is -2.19. The molecule has 0 saturated heterocycles. The van der Waals surface area contributed by atoms with Crippen LogP contribution in [-0.2, 0) is 51.3 Å². The van der Waals surface area contributed by atoms with Crippen LogP contribution < -0.4 is 10.2 Å². The van der Waals surface area contributed by atoms with E-state index in [1.807, 2.05) is 60.7 Å². The predicted octanol–water partition coefficient (Wildman–Crippen LogP) is 11.1. The van der Waals surface area contributed by atoms with Gasteiger partial charge in [-0.1, -0.05) is 190 Å². The van der Waals surface area contributed by atoms with Gasteiger partial charge in [-0.05, 0) is 75.3 Å². The molecule has 11 heteroatoms. The third-order valence-corrected chi connectivity index (χ3v) is 11.5. The van der Waals surface area contributed by atoms with Gasteiger partial charge in [0, 0.05) is 13.8 Å². The first-order valence-corrected chi connectivity index (χ1v) is 25.1. The number of carbonyl (C=O) groups is 4. The number of carbonyl (C=O) groups excluding carboxylic acids is 4. The van der Waals surface area contributed by atoms with Crippen LogP contribution in [0, 0.1) is 0 Å². The quantitative estimate of drug-likeness (QED) is 0.0358. The number of esters is 2. The molecule has 4 atom stereocenters. The summed E-state index contributed by atoms with van der Waals surface area (Å²) in [6.45, 7) is 7.82. The van der Waals surface area contributed by atoms with E-state index in [4.69, 9.17) is 18.9 Å². The monoisotopic (exact) mass is 1030 g/mol. The standard InChI is InChI=1S/2C27H44O5.Ba/c2*1-3-4-5-6-7-8-9-10-11-15-19-25(32-23(2)28)20-16-21-26(27(29)30)31-22-24-17-13-12-14-18-24;/h2*12-14,17-18,25-26H,3-11,15-16,19-22H2,1-2H3,(H,29,30);/q;;+2/p-2. The molecule has 0 aliphatic heterocycles. The summed E-state index contributed by atoms with van der Waals surface area (Å²) in [5, 5.41) is 22.8. The van der Waals surface area contributed by atoms with Crippen LogP contribution in [0.2, 0.25) is 0 Å². The van der Waals surface area contributed by atoms with Crippen LogP contribution in [0.5, 0.6) is 0 Å². The van der Waals surface area contributed by atoms with Crippen molar-refractivity contribution in [3.8, 4) is 0 Å². The number of unbranched alkanes of at least 4 members (excludes halogenated alkanes) is 18. The number of hydrogen-bond donors (Lipinski definition) is 0. The van der Waals surface area contributed by atoms with E-state index in [9.17, 15) is 29.4 Å². The molecule has 0 amide bonds. The van der Waals surface area contributed by atoms with Gasteiger partial charge in [-0.3, -0.25) is 9.59 Å². The third kappa shape index (κ3) is 38.5. The molecule has 0 aliphatic carbocycles. The molecule has 2 aromatic rings. The topological polar surface area (TPSA) is 151 Å². The number of benzene rings is 2. The van der Waals surface area contributed by atoms with E-state index in [2.05, 4.69) is 13.8 Å². The van der Waals surface area contributed by atoms with Crippen molar-refractivity contribution in [1.29, 1.82) is 0 Å². The molecule has 0 saturated carbocycles. The van der Waals surface area contributed by atoms with Crippen LogP contribution in [0.1, 0.15) is 219 Å². The van der Waals surface area contributed by atoms with Crippen LogP contribution in [0.4, 0.5) is 0 Å². The number of hydrogen-bond acceptors (Lipinski definition) is 10. The van der Waals surface area contributed by atoms with Crippen LogP contribution in [0.15, 0.2) is 60.7 Å². The summed E-state index contributed by atoms with van der Waals surface area (Å²) in [6, 6.07) is 19.0. The van der Waals surface area contributed by atoms with Crippen LogP contribution in [0.3, 0.4) is 0 Å². The molecule has 4 unspecified atom stereocenters. The maximum atomic E-state index is 11.4. The van der Waals surface area contributed by atoms with Gasteiger partial charge in [-0.2, -0.15) is 0 Å². The third-order valence-electron chi connectivity index (χ3n) is 11.5. The first-order valence-electron chi connectivity index (χ1n) is 25.1. The van der Waals surface area contributed by atoms with Crippen molar-refractivity contribution in [1.82, 2.24) is 0 Å². The summed E-state index contributed by atoms with van der Waals surface area (Å²) in [6.07, 6.45) is 28.0. The molecule has 0 N–H and O–H groups in total. The molecule has 0 heterocycles. The first kappa shape index (κ1) is 62.8. The summed E-state index contributed by atoms with van der Waals surface area (Å²) in [7, 11) is 0. The van der Waals surface area contributed by atoms with Crippen LogP contribution in [-0.4, -0.2) is 97.2 Å². The summed E-state index contributed by atoms with van der Waals surface area (Å²) in [4.78, 5) is 45.7. The molecule has 10 nitrogen and oxygen atoms in total. The van der Waals surface area contributed by atoms with E-state index >= 15 is 0 Å². The maximum absolute atomic E-state index is 11.4. The minimum absolute atomic E-state index is 0. The molecule has 0 aromatic heterocycles. The van der Waals surface area contributed by atoms with Gasteiger partial charge in [-0.15, -0.1) is 0 Å². The van der Waals surface area contributed by atoms with E-state index in [1.165, 1.54) is 117 Å². The van der Waals surface area contributed by atoms with E-state index in [0.29, 0.717) is 38.5 Å². The minimum Gasteiger partial charge on any atom is -0.547 e. The van der Waals surface area contributed by atoms with Gasteiger partial charge in [-0.25, -0.2) is 0 Å². The molecule has 65 heavy (non-hydrogen) atoms. The summed E-state index contributed by atoms with van der Waals surface area (Å²) >= 11 is 0. The first-order chi connectivity index (χ1) is 31.0. The average Bonchev–Trinajstić information content (AvgIpc) is 3.27. The van der Waals surface area contributed by atoms with Gasteiger partial charge < -0.3 is 38.7 Å². The van der Waals surface area contributed by atoms with E-state index < -0.39 is 24.1 Å². The number of carboxylic acid groups (broad SMARTS) is 2. The molecule has 2 rings (SSSR count). The fourth-order valence-electron chi connectivity index (χ4n) is 7.86. The minimum atomic E-state index is -1.19. The van der Waals surface area contributed by atoms with Crippen molar-refractivity contribution in [3.63, 3.8) is 0 Å². The molecule has 0 bridgehead atoms. The van der Waals surface area contributed by atoms with E-state index in [-0.39, 0.29) is 86.2 Å². The maximum Gasteiger partial charge on any atom is 2.00 e. The van der Waals surface area contributed by atoms with Gasteiger partial charge in [0.05, 0.1) is 37.4 Å². The van der Waals surface area contributed by atoms with Gasteiger partial charge in [0.15, 0.2) is 0 Å². The molecule has 0 fully saturated rings. The summed E-state index contributed by atoms with van der Waals surface area (Å²) in [5.41, 5.74) is 1.86. The zero-order valence-corrected chi connectivity index (χ0v) is 45.5. The Morgan fingerprint density at radius 1 is 0.415 bits per heavy atom. The smallest absolute Gasteiger partial charge is 0.547 e. The zero-order chi connectivity index (χ0) is 46.9. The Morgan fingerprint density at radius 3 is 0.969 bits per heavy atom. The Kier molecular flexibility index (Phi) is 42.8. The Labute approximate surface area is 434 Å². The molecule has 0 spiro atoms. The Balaban J connectivity index is 0.00000124. The zero-order valence-electron chi connectivity index (χ0n) is 41.1. The molecule has 2 aromatic carbocycles. The summed E-state index contributed by atoms with van der Waals surface area (Å²) in [5.74, 6) is -2.95. The fourth-order valence-corrected chi connectivity index (χ4v) is 7.86. The number of carboxylic acids is 2. The van der Waals surface area contributed by atoms with Crippen molar-refractivity contribution >= 4 is 72.8 Å². The fraction of sp³-hybridized carbons (Fsp3) is 0.704. The van der Waals surface area contributed by atoms with Crippen molar-refractivity contribution in [3.05, 3.63) is 71.8 Å². The molecular weight excluding hydrogens is 946 g/mol. The van der Waals surface area contributed by atoms with Crippen molar-refractivity contribution in [2.75, 3.05) is 0 Å². The van der Waals surface area contributed by atoms with Crippen molar-refractivity contribution in [2.45, 2.75) is 245 Å². The number of rotatable bonds is 40. The van der Waals surface area contributed by atoms with E-state index in [1.54, 1.807) is 0 Å². The van der Waals surface area contributed by atoms with Gasteiger partial charge in [0.25, 0.3) is 0 Å². The Morgan fingerprint density at radius 2 is 0.692 bits per heavy atom. The Bertz CT molecular complexity index is 1320. The average molecular weight is 1030 g/mol. The largest absolute Gasteiger partial charge is 2.00 e. The second-order valence-electron chi connectivity index (χ2n) is 17.5. The normalized spacial score (nSPS) is 12.7. The summed E-state index contributed by atoms with van der Waals surface area (Å²) < 4.78 is 22.0. The number of ether oxygens (including phenoxy) is 4. The molecule has 0 aliphatic rings. The van der Waals surface area contributed by atoms with Crippen molar-refractivity contribution < 1.29 is 48.3 Å². The van der Waals surface area contributed by atoms with Crippen LogP contribution in [0.25, 0.3) is 0 Å². The van der Waals surface area contributed by atoms with Crippen LogP contribution >= 0.6 is 0 Å².